The number of furan rings is 1. The van der Waals surface area contributed by atoms with Crippen LogP contribution in [-0.2, 0) is 13.0 Å². The molecule has 0 N–H and O–H groups in total. The molecule has 0 unspecified atom stereocenters. The van der Waals surface area contributed by atoms with Crippen LogP contribution in [0.4, 0.5) is 0 Å². The first-order valence-corrected chi connectivity index (χ1v) is 7.59. The highest BCUT2D eigenvalue weighted by Crippen LogP contribution is 2.11. The predicted molar refractivity (Wildman–Crippen MR) is 87.8 cm³/mol. The fourth-order valence-electron chi connectivity index (χ4n) is 2.41. The molecule has 0 aliphatic heterocycles. The van der Waals surface area contributed by atoms with E-state index in [4.69, 9.17) is 4.42 Å². The minimum atomic E-state index is -0.102. The first-order valence-electron chi connectivity index (χ1n) is 7.59. The molecule has 0 atom stereocenters. The predicted octanol–water partition coefficient (Wildman–Crippen LogP) is 3.56. The van der Waals surface area contributed by atoms with E-state index >= 15 is 0 Å². The molecule has 1 aromatic carbocycles. The summed E-state index contributed by atoms with van der Waals surface area (Å²) in [5, 5.41) is 0. The number of carbonyl (C=O) groups excluding carboxylic acids is 1. The van der Waals surface area contributed by atoms with Crippen LogP contribution in [0, 0.1) is 0 Å². The molecule has 116 valence electrons. The summed E-state index contributed by atoms with van der Waals surface area (Å²) in [6.45, 7) is 1.14. The smallest absolute Gasteiger partial charge is 0.289 e. The van der Waals surface area contributed by atoms with Gasteiger partial charge in [-0.3, -0.25) is 9.78 Å². The highest BCUT2D eigenvalue weighted by atomic mass is 16.3. The van der Waals surface area contributed by atoms with E-state index in [9.17, 15) is 4.79 Å². The number of amides is 1. The lowest BCUT2D eigenvalue weighted by Crippen LogP contribution is -2.32. The molecule has 0 radical (unpaired) electrons. The summed E-state index contributed by atoms with van der Waals surface area (Å²) < 4.78 is 5.26. The maximum atomic E-state index is 12.6. The van der Waals surface area contributed by atoms with Crippen molar-refractivity contribution in [1.29, 1.82) is 0 Å². The average molecular weight is 306 g/mol. The van der Waals surface area contributed by atoms with Gasteiger partial charge < -0.3 is 9.32 Å². The number of pyridine rings is 1. The molecule has 4 nitrogen and oxygen atoms in total. The second-order valence-corrected chi connectivity index (χ2v) is 5.26. The van der Waals surface area contributed by atoms with E-state index in [0.29, 0.717) is 25.3 Å². The number of aromatic nitrogens is 1. The average Bonchev–Trinajstić information content (AvgIpc) is 3.14. The Morgan fingerprint density at radius 3 is 2.52 bits per heavy atom. The Morgan fingerprint density at radius 1 is 1.00 bits per heavy atom. The van der Waals surface area contributed by atoms with Crippen LogP contribution in [0.1, 0.15) is 21.8 Å². The van der Waals surface area contributed by atoms with Gasteiger partial charge in [0.15, 0.2) is 5.76 Å². The third kappa shape index (κ3) is 4.07. The minimum Gasteiger partial charge on any atom is -0.459 e. The van der Waals surface area contributed by atoms with E-state index in [1.165, 1.54) is 6.26 Å². The van der Waals surface area contributed by atoms with Gasteiger partial charge in [0.1, 0.15) is 0 Å². The largest absolute Gasteiger partial charge is 0.459 e. The molecule has 3 aromatic rings. The van der Waals surface area contributed by atoms with Gasteiger partial charge in [-0.05, 0) is 29.8 Å². The second kappa shape index (κ2) is 7.40. The van der Waals surface area contributed by atoms with Crippen LogP contribution in [0.3, 0.4) is 0 Å². The third-order valence-electron chi connectivity index (χ3n) is 3.60. The van der Waals surface area contributed by atoms with Crippen molar-refractivity contribution >= 4 is 5.91 Å². The molecule has 3 rings (SSSR count). The Hall–Kier alpha value is -2.88. The van der Waals surface area contributed by atoms with Gasteiger partial charge in [-0.1, -0.05) is 36.4 Å². The number of hydrogen-bond donors (Lipinski definition) is 0. The summed E-state index contributed by atoms with van der Waals surface area (Å²) in [7, 11) is 0. The Kier molecular flexibility index (Phi) is 4.84. The quantitative estimate of drug-likeness (QED) is 0.699. The van der Waals surface area contributed by atoms with E-state index in [-0.39, 0.29) is 5.91 Å². The fraction of sp³-hybridized carbons (Fsp3) is 0.158. The summed E-state index contributed by atoms with van der Waals surface area (Å²) in [4.78, 5) is 18.8. The van der Waals surface area contributed by atoms with Gasteiger partial charge in [0.2, 0.25) is 0 Å². The molecule has 2 heterocycles. The molecule has 23 heavy (non-hydrogen) atoms. The zero-order valence-corrected chi connectivity index (χ0v) is 12.8. The number of benzene rings is 1. The lowest BCUT2D eigenvalue weighted by molar-refractivity contribution is 0.0712. The molecule has 4 heteroatoms. The van der Waals surface area contributed by atoms with Crippen LogP contribution in [0.25, 0.3) is 0 Å². The molecule has 1 amide bonds. The molecular formula is C19H18N2O2. The van der Waals surface area contributed by atoms with Gasteiger partial charge >= 0.3 is 0 Å². The summed E-state index contributed by atoms with van der Waals surface area (Å²) >= 11 is 0. The van der Waals surface area contributed by atoms with Crippen molar-refractivity contribution in [2.75, 3.05) is 6.54 Å². The first kappa shape index (κ1) is 15.0. The topological polar surface area (TPSA) is 46.3 Å². The Morgan fingerprint density at radius 2 is 1.83 bits per heavy atom. The lowest BCUT2D eigenvalue weighted by Gasteiger charge is -2.21. The monoisotopic (exact) mass is 306 g/mol. The van der Waals surface area contributed by atoms with E-state index in [1.54, 1.807) is 23.2 Å². The summed E-state index contributed by atoms with van der Waals surface area (Å²) in [6, 6.07) is 19.2. The van der Waals surface area contributed by atoms with Crippen LogP contribution in [0.15, 0.2) is 77.5 Å². The maximum absolute atomic E-state index is 12.6. The minimum absolute atomic E-state index is 0.102. The molecule has 2 aromatic heterocycles. The van der Waals surface area contributed by atoms with Crippen LogP contribution in [0.5, 0.6) is 0 Å². The Bertz CT molecular complexity index is 725. The molecule has 0 bridgehead atoms. The number of hydrogen-bond acceptors (Lipinski definition) is 3. The van der Waals surface area contributed by atoms with E-state index in [2.05, 4.69) is 4.98 Å². The van der Waals surface area contributed by atoms with Crippen molar-refractivity contribution in [3.05, 3.63) is 90.1 Å². The van der Waals surface area contributed by atoms with Gasteiger partial charge in [0, 0.05) is 31.4 Å². The number of nitrogens with zero attached hydrogens (tertiary/aromatic N) is 2. The molecule has 0 aliphatic carbocycles. The molecule has 0 aliphatic rings. The van der Waals surface area contributed by atoms with Crippen molar-refractivity contribution < 1.29 is 9.21 Å². The zero-order chi connectivity index (χ0) is 15.9. The van der Waals surface area contributed by atoms with Gasteiger partial charge in [0.05, 0.1) is 6.26 Å². The normalized spacial score (nSPS) is 10.4. The van der Waals surface area contributed by atoms with Crippen LogP contribution >= 0.6 is 0 Å². The molecule has 0 fully saturated rings. The van der Waals surface area contributed by atoms with E-state index in [1.807, 2.05) is 48.5 Å². The van der Waals surface area contributed by atoms with Gasteiger partial charge in [-0.25, -0.2) is 0 Å². The standard InChI is InChI=1S/C19H18N2O2/c22-19(18-10-6-14-23-18)21(15-16-7-2-1-3-8-16)13-11-17-9-4-5-12-20-17/h1-10,12,14H,11,13,15H2. The van der Waals surface area contributed by atoms with E-state index < -0.39 is 0 Å². The van der Waals surface area contributed by atoms with Crippen molar-refractivity contribution in [2.45, 2.75) is 13.0 Å². The number of carbonyl (C=O) groups is 1. The summed E-state index contributed by atoms with van der Waals surface area (Å²) in [5.41, 5.74) is 2.06. The van der Waals surface area contributed by atoms with Crippen molar-refractivity contribution in [3.8, 4) is 0 Å². The molecule has 0 saturated carbocycles. The zero-order valence-electron chi connectivity index (χ0n) is 12.8. The molecular weight excluding hydrogens is 288 g/mol. The summed E-state index contributed by atoms with van der Waals surface area (Å²) in [6.07, 6.45) is 4.00. The Balaban J connectivity index is 1.74. The van der Waals surface area contributed by atoms with Gasteiger partial charge in [-0.15, -0.1) is 0 Å². The fourth-order valence-corrected chi connectivity index (χ4v) is 2.41. The Labute approximate surface area is 135 Å². The van der Waals surface area contributed by atoms with Crippen molar-refractivity contribution in [1.82, 2.24) is 9.88 Å². The lowest BCUT2D eigenvalue weighted by atomic mass is 10.2. The van der Waals surface area contributed by atoms with E-state index in [0.717, 1.165) is 11.3 Å². The first-order chi connectivity index (χ1) is 11.3. The number of rotatable bonds is 6. The SMILES string of the molecule is O=C(c1ccco1)N(CCc1ccccn1)Cc1ccccc1. The molecule has 0 saturated heterocycles. The van der Waals surface area contributed by atoms with Crippen LogP contribution < -0.4 is 0 Å². The van der Waals surface area contributed by atoms with Gasteiger partial charge in [-0.2, -0.15) is 0 Å². The maximum Gasteiger partial charge on any atom is 0.289 e. The second-order valence-electron chi connectivity index (χ2n) is 5.26. The highest BCUT2D eigenvalue weighted by Gasteiger charge is 2.18. The third-order valence-corrected chi connectivity index (χ3v) is 3.60. The van der Waals surface area contributed by atoms with Crippen molar-refractivity contribution in [3.63, 3.8) is 0 Å². The van der Waals surface area contributed by atoms with Crippen LogP contribution in [-0.4, -0.2) is 22.3 Å². The summed E-state index contributed by atoms with van der Waals surface area (Å²) in [5.74, 6) is 0.261. The van der Waals surface area contributed by atoms with Crippen LogP contribution in [0.2, 0.25) is 0 Å². The molecule has 0 spiro atoms. The van der Waals surface area contributed by atoms with Crippen molar-refractivity contribution in [2.24, 2.45) is 0 Å². The highest BCUT2D eigenvalue weighted by molar-refractivity contribution is 5.91. The van der Waals surface area contributed by atoms with Gasteiger partial charge in [0.25, 0.3) is 5.91 Å².